The molecule has 0 aliphatic rings. The molecule has 0 fully saturated rings. The summed E-state index contributed by atoms with van der Waals surface area (Å²) in [5.74, 6) is -0.765. The molecular weight excluding hydrogens is 284 g/mol. The standard InChI is InChI=1S/C14H13F2NO2S/c1-19-12-5-9(4-11(17)7-12)8-20(18)14-6-10(15)2-3-13(14)16/h2-7H,8,17H2,1H3. The molecule has 2 aromatic carbocycles. The lowest BCUT2D eigenvalue weighted by Crippen LogP contribution is -2.01. The number of hydrogen-bond acceptors (Lipinski definition) is 3. The van der Waals surface area contributed by atoms with Crippen LogP contribution < -0.4 is 10.5 Å². The van der Waals surface area contributed by atoms with Gasteiger partial charge in [-0.15, -0.1) is 0 Å². The summed E-state index contributed by atoms with van der Waals surface area (Å²) in [7, 11) is -0.213. The monoisotopic (exact) mass is 297 g/mol. The zero-order chi connectivity index (χ0) is 14.7. The highest BCUT2D eigenvalue weighted by molar-refractivity contribution is 7.84. The third-order valence-corrected chi connectivity index (χ3v) is 4.06. The quantitative estimate of drug-likeness (QED) is 0.883. The van der Waals surface area contributed by atoms with Gasteiger partial charge in [0.05, 0.1) is 28.6 Å². The first-order chi connectivity index (χ1) is 9.49. The predicted octanol–water partition coefficient (Wildman–Crippen LogP) is 2.86. The summed E-state index contributed by atoms with van der Waals surface area (Å²) in [6.45, 7) is 0. The number of anilines is 1. The number of methoxy groups -OCH3 is 1. The van der Waals surface area contributed by atoms with Crippen LogP contribution in [0.4, 0.5) is 14.5 Å². The molecule has 0 saturated carbocycles. The Labute approximate surface area is 117 Å². The second-order valence-electron chi connectivity index (χ2n) is 4.18. The van der Waals surface area contributed by atoms with Crippen LogP contribution in [0.1, 0.15) is 5.56 Å². The smallest absolute Gasteiger partial charge is 0.139 e. The van der Waals surface area contributed by atoms with Gasteiger partial charge in [0.15, 0.2) is 0 Å². The van der Waals surface area contributed by atoms with Gasteiger partial charge in [-0.25, -0.2) is 8.78 Å². The molecule has 1 unspecified atom stereocenters. The fourth-order valence-electron chi connectivity index (χ4n) is 1.77. The topological polar surface area (TPSA) is 52.3 Å². The van der Waals surface area contributed by atoms with E-state index in [1.54, 1.807) is 18.2 Å². The molecule has 0 aromatic heterocycles. The lowest BCUT2D eigenvalue weighted by molar-refractivity contribution is 0.414. The highest BCUT2D eigenvalue weighted by Gasteiger charge is 2.13. The Hall–Kier alpha value is -1.95. The number of rotatable bonds is 4. The van der Waals surface area contributed by atoms with Gasteiger partial charge < -0.3 is 10.5 Å². The first-order valence-electron chi connectivity index (χ1n) is 5.76. The predicted molar refractivity (Wildman–Crippen MR) is 73.9 cm³/mol. The minimum Gasteiger partial charge on any atom is -0.497 e. The molecule has 3 nitrogen and oxygen atoms in total. The second-order valence-corrected chi connectivity index (χ2v) is 5.60. The number of nitrogen functional groups attached to an aromatic ring is 1. The first kappa shape index (κ1) is 14.5. The second kappa shape index (κ2) is 6.00. The summed E-state index contributed by atoms with van der Waals surface area (Å²) < 4.78 is 43.8. The molecule has 0 radical (unpaired) electrons. The number of nitrogens with two attached hydrogens (primary N) is 1. The molecule has 0 aliphatic carbocycles. The summed E-state index contributed by atoms with van der Waals surface area (Å²) in [6, 6.07) is 7.79. The molecule has 106 valence electrons. The van der Waals surface area contributed by atoms with Crippen molar-refractivity contribution in [2.75, 3.05) is 12.8 Å². The molecule has 2 N–H and O–H groups in total. The Morgan fingerprint density at radius 1 is 1.20 bits per heavy atom. The van der Waals surface area contributed by atoms with Crippen LogP contribution in [0.15, 0.2) is 41.3 Å². The van der Waals surface area contributed by atoms with Gasteiger partial charge in [-0.3, -0.25) is 4.21 Å². The van der Waals surface area contributed by atoms with Crippen molar-refractivity contribution in [1.29, 1.82) is 0 Å². The van der Waals surface area contributed by atoms with E-state index in [2.05, 4.69) is 0 Å². The number of benzene rings is 2. The van der Waals surface area contributed by atoms with Crippen molar-refractivity contribution < 1.29 is 17.7 Å². The molecule has 1 atom stereocenters. The molecule has 0 spiro atoms. The summed E-state index contributed by atoms with van der Waals surface area (Å²) in [5, 5.41) is 0. The average Bonchev–Trinajstić information content (AvgIpc) is 2.40. The summed E-state index contributed by atoms with van der Waals surface area (Å²) in [5.41, 5.74) is 6.77. The lowest BCUT2D eigenvalue weighted by Gasteiger charge is -2.07. The zero-order valence-corrected chi connectivity index (χ0v) is 11.5. The summed E-state index contributed by atoms with van der Waals surface area (Å²) in [6.07, 6.45) is 0. The first-order valence-corrected chi connectivity index (χ1v) is 7.08. The van der Waals surface area contributed by atoms with Gasteiger partial charge >= 0.3 is 0 Å². The minimum absolute atomic E-state index is 0.0295. The maximum atomic E-state index is 13.5. The molecule has 2 aromatic rings. The van der Waals surface area contributed by atoms with Gasteiger partial charge in [0.2, 0.25) is 0 Å². The van der Waals surface area contributed by atoms with E-state index in [9.17, 15) is 13.0 Å². The van der Waals surface area contributed by atoms with Gasteiger partial charge in [0.1, 0.15) is 17.4 Å². The third kappa shape index (κ3) is 3.33. The largest absolute Gasteiger partial charge is 0.497 e. The third-order valence-electron chi connectivity index (χ3n) is 2.66. The Morgan fingerprint density at radius 2 is 1.95 bits per heavy atom. The van der Waals surface area contributed by atoms with Crippen LogP contribution in [0.3, 0.4) is 0 Å². The number of hydrogen-bond donors (Lipinski definition) is 1. The van der Waals surface area contributed by atoms with Gasteiger partial charge in [0.25, 0.3) is 0 Å². The molecule has 20 heavy (non-hydrogen) atoms. The van der Waals surface area contributed by atoms with E-state index >= 15 is 0 Å². The van der Waals surface area contributed by atoms with Gasteiger partial charge in [-0.05, 0) is 35.9 Å². The van der Waals surface area contributed by atoms with E-state index in [1.807, 2.05) is 0 Å². The van der Waals surface area contributed by atoms with E-state index in [4.69, 9.17) is 10.5 Å². The van der Waals surface area contributed by atoms with Crippen LogP contribution in [-0.4, -0.2) is 11.3 Å². The van der Waals surface area contributed by atoms with Gasteiger partial charge in [-0.2, -0.15) is 0 Å². The van der Waals surface area contributed by atoms with Crippen molar-refractivity contribution in [3.05, 3.63) is 53.6 Å². The Balaban J connectivity index is 2.27. The molecule has 2 rings (SSSR count). The van der Waals surface area contributed by atoms with Crippen molar-refractivity contribution in [2.45, 2.75) is 10.6 Å². The van der Waals surface area contributed by atoms with Crippen molar-refractivity contribution in [3.63, 3.8) is 0 Å². The van der Waals surface area contributed by atoms with Crippen molar-refractivity contribution in [2.24, 2.45) is 0 Å². The molecule has 6 heteroatoms. The normalized spacial score (nSPS) is 12.2. The highest BCUT2D eigenvalue weighted by Crippen LogP contribution is 2.22. The summed E-state index contributed by atoms with van der Waals surface area (Å²) in [4.78, 5) is -0.161. The van der Waals surface area contributed by atoms with E-state index in [0.29, 0.717) is 17.0 Å². The Bertz CT molecular complexity index is 662. The lowest BCUT2D eigenvalue weighted by atomic mass is 10.2. The van der Waals surface area contributed by atoms with Gasteiger partial charge in [0, 0.05) is 11.8 Å². The van der Waals surface area contributed by atoms with Crippen LogP contribution in [-0.2, 0) is 16.6 Å². The summed E-state index contributed by atoms with van der Waals surface area (Å²) >= 11 is 0. The van der Waals surface area contributed by atoms with Crippen molar-refractivity contribution >= 4 is 16.5 Å². The zero-order valence-electron chi connectivity index (χ0n) is 10.7. The van der Waals surface area contributed by atoms with Crippen LogP contribution in [0.5, 0.6) is 5.75 Å². The molecule has 0 amide bonds. The number of ether oxygens (including phenoxy) is 1. The van der Waals surface area contributed by atoms with E-state index < -0.39 is 22.4 Å². The fourth-order valence-corrected chi connectivity index (χ4v) is 2.92. The van der Waals surface area contributed by atoms with E-state index in [0.717, 1.165) is 18.2 Å². The molecule has 0 aliphatic heterocycles. The Morgan fingerprint density at radius 3 is 2.65 bits per heavy atom. The maximum absolute atomic E-state index is 13.5. The fraction of sp³-hybridized carbons (Fsp3) is 0.143. The molecule has 0 heterocycles. The molecule has 0 bridgehead atoms. The maximum Gasteiger partial charge on any atom is 0.139 e. The SMILES string of the molecule is COc1cc(N)cc(CS(=O)c2cc(F)ccc2F)c1. The van der Waals surface area contributed by atoms with Crippen LogP contribution in [0, 0.1) is 11.6 Å². The Kier molecular flexibility index (Phi) is 4.34. The van der Waals surface area contributed by atoms with E-state index in [1.165, 1.54) is 7.11 Å². The minimum atomic E-state index is -1.70. The molecule has 0 saturated heterocycles. The number of halogens is 2. The highest BCUT2D eigenvalue weighted by atomic mass is 32.2. The average molecular weight is 297 g/mol. The van der Waals surface area contributed by atoms with Crippen LogP contribution in [0.25, 0.3) is 0 Å². The van der Waals surface area contributed by atoms with Crippen molar-refractivity contribution in [3.8, 4) is 5.75 Å². The van der Waals surface area contributed by atoms with Crippen molar-refractivity contribution in [1.82, 2.24) is 0 Å². The van der Waals surface area contributed by atoms with E-state index in [-0.39, 0.29) is 10.6 Å². The van der Waals surface area contributed by atoms with Gasteiger partial charge in [-0.1, -0.05) is 0 Å². The molecular formula is C14H13F2NO2S. The van der Waals surface area contributed by atoms with Crippen LogP contribution >= 0.6 is 0 Å². The van der Waals surface area contributed by atoms with Crippen LogP contribution in [0.2, 0.25) is 0 Å².